The quantitative estimate of drug-likeness (QED) is 0.791. The lowest BCUT2D eigenvalue weighted by Crippen LogP contribution is -2.02. The van der Waals surface area contributed by atoms with E-state index in [-0.39, 0.29) is 0 Å². The van der Waals surface area contributed by atoms with Crippen molar-refractivity contribution in [1.29, 1.82) is 0 Å². The molecule has 0 spiro atoms. The zero-order chi connectivity index (χ0) is 13.9. The Morgan fingerprint density at radius 1 is 1.05 bits per heavy atom. The maximum absolute atomic E-state index is 6.26. The fourth-order valence-corrected chi connectivity index (χ4v) is 2.29. The van der Waals surface area contributed by atoms with E-state index in [2.05, 4.69) is 17.0 Å². The number of nitrogens with zero attached hydrogens (tertiary/aromatic N) is 3. The number of nitrogens with two attached hydrogens (primary N) is 1. The van der Waals surface area contributed by atoms with Crippen LogP contribution in [-0.2, 0) is 6.42 Å². The molecule has 4 nitrogen and oxygen atoms in total. The van der Waals surface area contributed by atoms with Crippen molar-refractivity contribution in [1.82, 2.24) is 14.8 Å². The van der Waals surface area contributed by atoms with Gasteiger partial charge in [-0.15, -0.1) is 0 Å². The third-order valence-corrected chi connectivity index (χ3v) is 3.29. The van der Waals surface area contributed by atoms with Gasteiger partial charge in [-0.3, -0.25) is 4.98 Å². The second-order valence-corrected chi connectivity index (χ2v) is 4.53. The Morgan fingerprint density at radius 2 is 1.80 bits per heavy atom. The van der Waals surface area contributed by atoms with Crippen LogP contribution in [-0.4, -0.2) is 14.8 Å². The maximum Gasteiger partial charge on any atom is 0.131 e. The summed E-state index contributed by atoms with van der Waals surface area (Å²) in [4.78, 5) is 4.37. The fourth-order valence-electron chi connectivity index (χ4n) is 2.29. The SMILES string of the molecule is CCc1c(-c2ccccn2)nn(-c2ccccc2)c1N. The number of anilines is 1. The Balaban J connectivity index is 2.18. The van der Waals surface area contributed by atoms with Gasteiger partial charge in [0.2, 0.25) is 0 Å². The molecule has 0 aliphatic carbocycles. The summed E-state index contributed by atoms with van der Waals surface area (Å²) in [6, 6.07) is 15.7. The van der Waals surface area contributed by atoms with Gasteiger partial charge in [0.1, 0.15) is 11.5 Å². The van der Waals surface area contributed by atoms with E-state index in [0.29, 0.717) is 5.82 Å². The molecule has 20 heavy (non-hydrogen) atoms. The summed E-state index contributed by atoms with van der Waals surface area (Å²) in [7, 11) is 0. The van der Waals surface area contributed by atoms with Crippen LogP contribution < -0.4 is 5.73 Å². The summed E-state index contributed by atoms with van der Waals surface area (Å²) < 4.78 is 1.78. The van der Waals surface area contributed by atoms with Gasteiger partial charge in [-0.1, -0.05) is 31.2 Å². The van der Waals surface area contributed by atoms with Crippen LogP contribution in [0.15, 0.2) is 54.7 Å². The van der Waals surface area contributed by atoms with Gasteiger partial charge in [0.15, 0.2) is 0 Å². The first-order valence-electron chi connectivity index (χ1n) is 6.65. The molecule has 0 atom stereocenters. The monoisotopic (exact) mass is 264 g/mol. The molecule has 2 N–H and O–H groups in total. The van der Waals surface area contributed by atoms with E-state index in [1.165, 1.54) is 0 Å². The minimum absolute atomic E-state index is 0.680. The van der Waals surface area contributed by atoms with Crippen LogP contribution >= 0.6 is 0 Å². The van der Waals surface area contributed by atoms with Crippen LogP contribution in [0.1, 0.15) is 12.5 Å². The van der Waals surface area contributed by atoms with Crippen LogP contribution in [0.5, 0.6) is 0 Å². The highest BCUT2D eigenvalue weighted by Crippen LogP contribution is 2.28. The first-order valence-corrected chi connectivity index (χ1v) is 6.65. The zero-order valence-electron chi connectivity index (χ0n) is 11.3. The summed E-state index contributed by atoms with van der Waals surface area (Å²) >= 11 is 0. The maximum atomic E-state index is 6.26. The number of hydrogen-bond acceptors (Lipinski definition) is 3. The fraction of sp³-hybridized carbons (Fsp3) is 0.125. The lowest BCUT2D eigenvalue weighted by atomic mass is 10.1. The molecule has 0 aliphatic heterocycles. The number of para-hydroxylation sites is 1. The molecule has 0 amide bonds. The second-order valence-electron chi connectivity index (χ2n) is 4.53. The highest BCUT2D eigenvalue weighted by molar-refractivity contribution is 5.67. The number of rotatable bonds is 3. The number of hydrogen-bond donors (Lipinski definition) is 1. The third kappa shape index (κ3) is 2.05. The molecule has 2 heterocycles. The summed E-state index contributed by atoms with van der Waals surface area (Å²) in [5.41, 5.74) is 9.96. The first-order chi connectivity index (χ1) is 9.81. The number of nitrogen functional groups attached to an aromatic ring is 1. The molecule has 0 aliphatic rings. The Morgan fingerprint density at radius 3 is 2.45 bits per heavy atom. The van der Waals surface area contributed by atoms with Gasteiger partial charge in [-0.25, -0.2) is 4.68 Å². The van der Waals surface area contributed by atoms with E-state index in [1.807, 2.05) is 48.5 Å². The normalized spacial score (nSPS) is 10.7. The zero-order valence-corrected chi connectivity index (χ0v) is 11.3. The lowest BCUT2D eigenvalue weighted by molar-refractivity contribution is 0.893. The van der Waals surface area contributed by atoms with Crippen LogP contribution in [0.2, 0.25) is 0 Å². The van der Waals surface area contributed by atoms with E-state index in [4.69, 9.17) is 5.73 Å². The van der Waals surface area contributed by atoms with Crippen molar-refractivity contribution in [2.45, 2.75) is 13.3 Å². The van der Waals surface area contributed by atoms with Crippen molar-refractivity contribution in [2.75, 3.05) is 5.73 Å². The average molecular weight is 264 g/mol. The highest BCUT2D eigenvalue weighted by Gasteiger charge is 2.17. The topological polar surface area (TPSA) is 56.7 Å². The smallest absolute Gasteiger partial charge is 0.131 e. The molecule has 0 saturated heterocycles. The molecule has 3 aromatic rings. The minimum Gasteiger partial charge on any atom is -0.383 e. The Bertz CT molecular complexity index is 702. The van der Waals surface area contributed by atoms with Gasteiger partial charge in [-0.05, 0) is 30.7 Å². The molecule has 3 rings (SSSR count). The van der Waals surface area contributed by atoms with E-state index < -0.39 is 0 Å². The van der Waals surface area contributed by atoms with Crippen molar-refractivity contribution in [3.05, 3.63) is 60.3 Å². The van der Waals surface area contributed by atoms with Crippen molar-refractivity contribution in [2.24, 2.45) is 0 Å². The van der Waals surface area contributed by atoms with Gasteiger partial charge in [-0.2, -0.15) is 5.10 Å². The Kier molecular flexibility index (Phi) is 3.21. The molecular weight excluding hydrogens is 248 g/mol. The predicted molar refractivity (Wildman–Crippen MR) is 80.6 cm³/mol. The third-order valence-electron chi connectivity index (χ3n) is 3.29. The van der Waals surface area contributed by atoms with Crippen molar-refractivity contribution < 1.29 is 0 Å². The summed E-state index contributed by atoms with van der Waals surface area (Å²) in [6.07, 6.45) is 2.59. The van der Waals surface area contributed by atoms with Crippen molar-refractivity contribution in [3.8, 4) is 17.1 Å². The standard InChI is InChI=1S/C16H16N4/c1-2-13-15(14-10-6-7-11-18-14)19-20(16(13)17)12-8-4-3-5-9-12/h3-11H,2,17H2,1H3. The molecule has 0 unspecified atom stereocenters. The molecule has 0 fully saturated rings. The molecule has 2 aromatic heterocycles. The molecule has 0 bridgehead atoms. The Labute approximate surface area is 117 Å². The van der Waals surface area contributed by atoms with E-state index in [0.717, 1.165) is 29.1 Å². The summed E-state index contributed by atoms with van der Waals surface area (Å²) in [5.74, 6) is 0.680. The van der Waals surface area contributed by atoms with Gasteiger partial charge >= 0.3 is 0 Å². The number of pyridine rings is 1. The summed E-state index contributed by atoms with van der Waals surface area (Å²) in [6.45, 7) is 2.08. The molecule has 0 saturated carbocycles. The molecule has 0 radical (unpaired) electrons. The first kappa shape index (κ1) is 12.4. The van der Waals surface area contributed by atoms with E-state index in [9.17, 15) is 0 Å². The van der Waals surface area contributed by atoms with Crippen molar-refractivity contribution in [3.63, 3.8) is 0 Å². The lowest BCUT2D eigenvalue weighted by Gasteiger charge is -2.03. The van der Waals surface area contributed by atoms with Crippen LogP contribution in [0.25, 0.3) is 17.1 Å². The van der Waals surface area contributed by atoms with Crippen LogP contribution in [0, 0.1) is 0 Å². The van der Waals surface area contributed by atoms with Crippen molar-refractivity contribution >= 4 is 5.82 Å². The van der Waals surface area contributed by atoms with Gasteiger partial charge in [0.25, 0.3) is 0 Å². The van der Waals surface area contributed by atoms with Gasteiger partial charge < -0.3 is 5.73 Å². The molecule has 4 heteroatoms. The number of aromatic nitrogens is 3. The van der Waals surface area contributed by atoms with Gasteiger partial charge in [0, 0.05) is 11.8 Å². The van der Waals surface area contributed by atoms with E-state index >= 15 is 0 Å². The average Bonchev–Trinajstić information content (AvgIpc) is 2.86. The van der Waals surface area contributed by atoms with Crippen LogP contribution in [0.4, 0.5) is 5.82 Å². The highest BCUT2D eigenvalue weighted by atomic mass is 15.3. The predicted octanol–water partition coefficient (Wildman–Crippen LogP) is 3.08. The molecule has 100 valence electrons. The molecule has 1 aromatic carbocycles. The minimum atomic E-state index is 0.680. The Hall–Kier alpha value is -2.62. The second kappa shape index (κ2) is 5.17. The number of benzene rings is 1. The van der Waals surface area contributed by atoms with E-state index in [1.54, 1.807) is 10.9 Å². The largest absolute Gasteiger partial charge is 0.383 e. The molecular formula is C16H16N4. The van der Waals surface area contributed by atoms with Gasteiger partial charge in [0.05, 0.1) is 11.4 Å². The van der Waals surface area contributed by atoms with Crippen LogP contribution in [0.3, 0.4) is 0 Å². The summed E-state index contributed by atoms with van der Waals surface area (Å²) in [5, 5.41) is 4.65.